The number of esters is 1. The number of para-hydroxylation sites is 1. The van der Waals surface area contributed by atoms with Crippen molar-refractivity contribution >= 4 is 42.4 Å². The molecule has 0 unspecified atom stereocenters. The summed E-state index contributed by atoms with van der Waals surface area (Å²) in [5.41, 5.74) is 1.26. The van der Waals surface area contributed by atoms with Crippen molar-refractivity contribution in [3.8, 4) is 0 Å². The number of carbonyl (C=O) groups is 2. The number of hydrogen-bond acceptors (Lipinski definition) is 4. The molecular weight excluding hydrogens is 459 g/mol. The molecule has 0 aliphatic heterocycles. The quantitative estimate of drug-likeness (QED) is 0.289. The second-order valence-electron chi connectivity index (χ2n) is 8.09. The zero-order chi connectivity index (χ0) is 22.3. The van der Waals surface area contributed by atoms with E-state index in [0.717, 1.165) is 21.8 Å². The van der Waals surface area contributed by atoms with Crippen LogP contribution in [0.1, 0.15) is 26.3 Å². The molecule has 2 aromatic carbocycles. The van der Waals surface area contributed by atoms with Crippen LogP contribution in [0.25, 0.3) is 10.9 Å². The Bertz CT molecular complexity index is 1010. The van der Waals surface area contributed by atoms with Gasteiger partial charge in [-0.25, -0.2) is 0 Å². The molecule has 164 valence electrons. The number of fused-ring (bicyclic) bond motifs is 1. The summed E-state index contributed by atoms with van der Waals surface area (Å²) in [5.74, 6) is -0.458. The van der Waals surface area contributed by atoms with Crippen LogP contribution < -0.4 is 9.78 Å². The second kappa shape index (κ2) is 10.5. The Hall–Kier alpha value is -2.76. The number of hydrogen-bond donors (Lipinski definition) is 2. The second-order valence-corrected chi connectivity index (χ2v) is 10.5. The molecule has 0 aliphatic carbocycles. The van der Waals surface area contributed by atoms with E-state index in [4.69, 9.17) is 9.47 Å². The average molecular weight is 487 g/mol. The van der Waals surface area contributed by atoms with Gasteiger partial charge >= 0.3 is 189 Å². The predicted octanol–water partition coefficient (Wildman–Crippen LogP) is 3.59. The van der Waals surface area contributed by atoms with Crippen molar-refractivity contribution in [2.24, 2.45) is 0 Å². The van der Waals surface area contributed by atoms with Crippen LogP contribution in [0.4, 0.5) is 4.79 Å². The maximum atomic E-state index is 12.8. The molecule has 0 saturated carbocycles. The van der Waals surface area contributed by atoms with Crippen LogP contribution in [0, 0.1) is 0 Å². The Morgan fingerprint density at radius 1 is 1.06 bits per heavy atom. The number of H-pyrrole nitrogens is 1. The number of benzene rings is 2. The molecule has 0 aliphatic rings. The van der Waals surface area contributed by atoms with E-state index in [1.165, 1.54) is 4.46 Å². The Labute approximate surface area is 188 Å². The summed E-state index contributed by atoms with van der Waals surface area (Å²) in [6.45, 7) is 5.66. The molecule has 0 bridgehead atoms. The fourth-order valence-corrected chi connectivity index (χ4v) is 4.66. The minimum atomic E-state index is -0.835. The number of carbonyl (C=O) groups excluding carboxylic acids is 2. The van der Waals surface area contributed by atoms with Gasteiger partial charge in [-0.1, -0.05) is 0 Å². The molecule has 2 N–H and O–H groups in total. The monoisotopic (exact) mass is 488 g/mol. The summed E-state index contributed by atoms with van der Waals surface area (Å²) >= 11 is 0.229. The third-order valence-corrected chi connectivity index (χ3v) is 6.46. The van der Waals surface area contributed by atoms with Crippen molar-refractivity contribution in [2.75, 3.05) is 6.61 Å². The Kier molecular flexibility index (Phi) is 7.77. The molecule has 1 aromatic heterocycles. The van der Waals surface area contributed by atoms with Gasteiger partial charge in [0, 0.05) is 0 Å². The van der Waals surface area contributed by atoms with Crippen molar-refractivity contribution in [1.82, 2.24) is 10.3 Å². The molecule has 1 heterocycles. The molecule has 1 atom stereocenters. The maximum absolute atomic E-state index is 12.8. The van der Waals surface area contributed by atoms with Gasteiger partial charge in [0.2, 0.25) is 0 Å². The summed E-state index contributed by atoms with van der Waals surface area (Å²) < 4.78 is 12.1. The molecule has 1 amide bonds. The van der Waals surface area contributed by atoms with Gasteiger partial charge in [0.1, 0.15) is 0 Å². The molecular formula is C24H28N2O4Se. The van der Waals surface area contributed by atoms with Gasteiger partial charge in [0.25, 0.3) is 0 Å². The van der Waals surface area contributed by atoms with E-state index >= 15 is 0 Å². The molecule has 0 radical (unpaired) electrons. The van der Waals surface area contributed by atoms with Crippen molar-refractivity contribution in [1.29, 1.82) is 0 Å². The topological polar surface area (TPSA) is 80.4 Å². The van der Waals surface area contributed by atoms with Crippen LogP contribution >= 0.6 is 0 Å². The van der Waals surface area contributed by atoms with Crippen LogP contribution in [0.5, 0.6) is 0 Å². The number of ether oxygens (including phenoxy) is 2. The molecule has 0 saturated heterocycles. The minimum absolute atomic E-state index is 0.229. The number of aromatic nitrogens is 1. The Morgan fingerprint density at radius 2 is 1.77 bits per heavy atom. The first-order valence-electron chi connectivity index (χ1n) is 10.2. The fourth-order valence-electron chi connectivity index (χ4n) is 3.08. The summed E-state index contributed by atoms with van der Waals surface area (Å²) in [6, 6.07) is 17.2. The van der Waals surface area contributed by atoms with Gasteiger partial charge in [-0.3, -0.25) is 0 Å². The van der Waals surface area contributed by atoms with Gasteiger partial charge in [0.05, 0.1) is 0 Å². The SMILES string of the molecule is CC(C)(C)OC(=O)N[C@@H](Cc1c[nH]c2ccccc12)C(=O)OCC[Se]c1ccccc1. The summed E-state index contributed by atoms with van der Waals surface area (Å²) in [4.78, 5) is 28.4. The third kappa shape index (κ3) is 7.16. The molecule has 7 heteroatoms. The summed E-state index contributed by atoms with van der Waals surface area (Å²) in [5, 5.41) is 4.48. The Morgan fingerprint density at radius 3 is 2.52 bits per heavy atom. The standard InChI is InChI=1S/C24H28N2O4Se/c1-24(2,3)30-23(28)26-21(15-17-16-25-20-12-8-7-11-19(17)20)22(27)29-13-14-31-18-9-5-4-6-10-18/h4-12,16,21,25H,13-15H2,1-3H3,(H,26,28)/t21-/m0/s1. The van der Waals surface area contributed by atoms with E-state index in [0.29, 0.717) is 13.0 Å². The van der Waals surface area contributed by atoms with Crippen LogP contribution in [0.3, 0.4) is 0 Å². The van der Waals surface area contributed by atoms with Gasteiger partial charge in [-0.05, 0) is 0 Å². The van der Waals surface area contributed by atoms with E-state index < -0.39 is 23.7 Å². The van der Waals surface area contributed by atoms with E-state index in [1.807, 2.05) is 48.7 Å². The van der Waals surface area contributed by atoms with Crippen molar-refractivity contribution in [3.63, 3.8) is 0 Å². The molecule has 3 aromatic rings. The predicted molar refractivity (Wildman–Crippen MR) is 123 cm³/mol. The van der Waals surface area contributed by atoms with Gasteiger partial charge in [-0.15, -0.1) is 0 Å². The summed E-state index contributed by atoms with van der Waals surface area (Å²) in [7, 11) is 0. The number of rotatable bonds is 8. The van der Waals surface area contributed by atoms with E-state index in [2.05, 4.69) is 22.4 Å². The van der Waals surface area contributed by atoms with Gasteiger partial charge < -0.3 is 0 Å². The molecule has 3 rings (SSSR count). The Balaban J connectivity index is 1.64. The van der Waals surface area contributed by atoms with Crippen molar-refractivity contribution < 1.29 is 19.1 Å². The van der Waals surface area contributed by atoms with E-state index in [1.54, 1.807) is 20.8 Å². The molecule has 6 nitrogen and oxygen atoms in total. The van der Waals surface area contributed by atoms with Gasteiger partial charge in [0.15, 0.2) is 0 Å². The third-order valence-electron chi connectivity index (χ3n) is 4.41. The fraction of sp³-hybridized carbons (Fsp3) is 0.333. The van der Waals surface area contributed by atoms with Crippen LogP contribution in [0.15, 0.2) is 60.8 Å². The molecule has 0 fully saturated rings. The van der Waals surface area contributed by atoms with E-state index in [-0.39, 0.29) is 15.0 Å². The van der Waals surface area contributed by atoms with Crippen LogP contribution in [0.2, 0.25) is 5.32 Å². The number of nitrogens with one attached hydrogen (secondary N) is 2. The number of aromatic amines is 1. The van der Waals surface area contributed by atoms with Crippen molar-refractivity contribution in [3.05, 3.63) is 66.4 Å². The summed E-state index contributed by atoms with van der Waals surface area (Å²) in [6.07, 6.45) is 1.54. The number of amides is 1. The zero-order valence-corrected chi connectivity index (χ0v) is 19.7. The first-order chi connectivity index (χ1) is 14.8. The number of alkyl carbamates (subject to hydrolysis) is 1. The normalized spacial score (nSPS) is 12.4. The first-order valence-corrected chi connectivity index (χ1v) is 12.3. The molecule has 0 spiro atoms. The van der Waals surface area contributed by atoms with Gasteiger partial charge in [-0.2, -0.15) is 0 Å². The first kappa shape index (κ1) is 22.9. The van der Waals surface area contributed by atoms with Crippen molar-refractivity contribution in [2.45, 2.75) is 44.2 Å². The van der Waals surface area contributed by atoms with Crippen LogP contribution in [-0.4, -0.2) is 50.3 Å². The zero-order valence-electron chi connectivity index (χ0n) is 18.0. The molecule has 31 heavy (non-hydrogen) atoms. The average Bonchev–Trinajstić information content (AvgIpc) is 3.13. The van der Waals surface area contributed by atoms with Crippen LogP contribution in [-0.2, 0) is 20.7 Å². The van der Waals surface area contributed by atoms with E-state index in [9.17, 15) is 9.59 Å².